The molecule has 1 heterocycles. The molecule has 96 valence electrons. The Labute approximate surface area is 107 Å². The first-order chi connectivity index (χ1) is 8.84. The number of nitrogens with one attached hydrogen (secondary N) is 1. The fourth-order valence-electron chi connectivity index (χ4n) is 2.33. The summed E-state index contributed by atoms with van der Waals surface area (Å²) in [6.45, 7) is 3.35. The summed E-state index contributed by atoms with van der Waals surface area (Å²) in [4.78, 5) is 0. The summed E-state index contributed by atoms with van der Waals surface area (Å²) in [5.41, 5.74) is 2.13. The highest BCUT2D eigenvalue weighted by Gasteiger charge is 2.19. The predicted octanol–water partition coefficient (Wildman–Crippen LogP) is 2.52. The molecule has 0 bridgehead atoms. The zero-order valence-electron chi connectivity index (χ0n) is 10.8. The van der Waals surface area contributed by atoms with Crippen molar-refractivity contribution < 1.29 is 0 Å². The molecule has 0 saturated heterocycles. The maximum absolute atomic E-state index is 4.27. The number of para-hydroxylation sites is 1. The fourth-order valence-corrected chi connectivity index (χ4v) is 2.33. The molecule has 1 aromatic carbocycles. The lowest BCUT2D eigenvalue weighted by Gasteiger charge is -2.12. The minimum Gasteiger partial charge on any atom is -0.314 e. The van der Waals surface area contributed by atoms with E-state index < -0.39 is 0 Å². The number of benzene rings is 1. The Balaban J connectivity index is 1.58. The highest BCUT2D eigenvalue weighted by Crippen LogP contribution is 2.20. The van der Waals surface area contributed by atoms with Crippen molar-refractivity contribution in [1.29, 1.82) is 0 Å². The quantitative estimate of drug-likeness (QED) is 0.794. The topological polar surface area (TPSA) is 42.7 Å². The Morgan fingerprint density at radius 1 is 1.39 bits per heavy atom. The van der Waals surface area contributed by atoms with Gasteiger partial charge in [-0.2, -0.15) is 0 Å². The van der Waals surface area contributed by atoms with Crippen LogP contribution in [0, 0.1) is 0 Å². The van der Waals surface area contributed by atoms with Crippen molar-refractivity contribution >= 4 is 11.0 Å². The van der Waals surface area contributed by atoms with Crippen LogP contribution in [0.25, 0.3) is 11.0 Å². The summed E-state index contributed by atoms with van der Waals surface area (Å²) in [5.74, 6) is 0. The minimum absolute atomic E-state index is 0.415. The Kier molecular flexibility index (Phi) is 3.28. The van der Waals surface area contributed by atoms with Gasteiger partial charge in [0.25, 0.3) is 0 Å². The van der Waals surface area contributed by atoms with Crippen molar-refractivity contribution in [3.63, 3.8) is 0 Å². The van der Waals surface area contributed by atoms with E-state index in [1.807, 2.05) is 22.9 Å². The second kappa shape index (κ2) is 5.06. The van der Waals surface area contributed by atoms with Gasteiger partial charge in [0.1, 0.15) is 5.52 Å². The van der Waals surface area contributed by atoms with E-state index in [4.69, 9.17) is 0 Å². The molecule has 0 radical (unpaired) electrons. The molecule has 1 saturated carbocycles. The van der Waals surface area contributed by atoms with E-state index in [0.717, 1.165) is 30.0 Å². The van der Waals surface area contributed by atoms with Crippen molar-refractivity contribution in [3.8, 4) is 0 Å². The van der Waals surface area contributed by atoms with Crippen LogP contribution in [-0.2, 0) is 0 Å². The lowest BCUT2D eigenvalue weighted by atomic mass is 10.2. The zero-order valence-corrected chi connectivity index (χ0v) is 10.8. The summed E-state index contributed by atoms with van der Waals surface area (Å²) in [7, 11) is 0. The highest BCUT2D eigenvalue weighted by molar-refractivity contribution is 5.73. The van der Waals surface area contributed by atoms with Crippen LogP contribution in [-0.4, -0.2) is 27.6 Å². The van der Waals surface area contributed by atoms with E-state index in [1.165, 1.54) is 19.3 Å². The SMILES string of the molecule is CC(CCCNC1CC1)n1nnc2ccccc21. The Morgan fingerprint density at radius 2 is 2.22 bits per heavy atom. The molecule has 1 aliphatic carbocycles. The van der Waals surface area contributed by atoms with Crippen molar-refractivity contribution in [2.45, 2.75) is 44.7 Å². The number of fused-ring (bicyclic) bond motifs is 1. The number of nitrogens with zero attached hydrogens (tertiary/aromatic N) is 3. The summed E-state index contributed by atoms with van der Waals surface area (Å²) >= 11 is 0. The van der Waals surface area contributed by atoms with Crippen LogP contribution in [0.5, 0.6) is 0 Å². The second-order valence-electron chi connectivity index (χ2n) is 5.24. The molecule has 1 atom stereocenters. The first-order valence-electron chi connectivity index (χ1n) is 6.88. The van der Waals surface area contributed by atoms with E-state index in [1.54, 1.807) is 0 Å². The second-order valence-corrected chi connectivity index (χ2v) is 5.24. The van der Waals surface area contributed by atoms with Gasteiger partial charge in [-0.05, 0) is 51.3 Å². The average Bonchev–Trinajstić information content (AvgIpc) is 3.11. The molecule has 0 aliphatic heterocycles. The van der Waals surface area contributed by atoms with Gasteiger partial charge in [-0.25, -0.2) is 4.68 Å². The molecule has 18 heavy (non-hydrogen) atoms. The number of aromatic nitrogens is 3. The summed E-state index contributed by atoms with van der Waals surface area (Å²) in [6, 6.07) is 9.38. The average molecular weight is 244 g/mol. The van der Waals surface area contributed by atoms with Gasteiger partial charge in [0.05, 0.1) is 11.6 Å². The third-order valence-corrected chi connectivity index (χ3v) is 3.60. The van der Waals surface area contributed by atoms with E-state index in [2.05, 4.69) is 28.6 Å². The van der Waals surface area contributed by atoms with Gasteiger partial charge >= 0.3 is 0 Å². The van der Waals surface area contributed by atoms with Crippen molar-refractivity contribution in [1.82, 2.24) is 20.3 Å². The number of rotatable bonds is 6. The molecule has 4 heteroatoms. The zero-order chi connectivity index (χ0) is 12.4. The van der Waals surface area contributed by atoms with Crippen molar-refractivity contribution in [2.24, 2.45) is 0 Å². The third kappa shape index (κ3) is 2.53. The number of hydrogen-bond donors (Lipinski definition) is 1. The maximum atomic E-state index is 4.27. The Bertz CT molecular complexity index is 515. The van der Waals surface area contributed by atoms with Crippen LogP contribution in [0.4, 0.5) is 0 Å². The van der Waals surface area contributed by atoms with E-state index in [0.29, 0.717) is 6.04 Å². The normalized spacial score (nSPS) is 17.2. The van der Waals surface area contributed by atoms with Crippen LogP contribution < -0.4 is 5.32 Å². The van der Waals surface area contributed by atoms with Crippen LogP contribution in [0.3, 0.4) is 0 Å². The maximum Gasteiger partial charge on any atom is 0.113 e. The first-order valence-corrected chi connectivity index (χ1v) is 6.88. The minimum atomic E-state index is 0.415. The fraction of sp³-hybridized carbons (Fsp3) is 0.571. The van der Waals surface area contributed by atoms with E-state index in [9.17, 15) is 0 Å². The van der Waals surface area contributed by atoms with Crippen LogP contribution in [0.2, 0.25) is 0 Å². The van der Waals surface area contributed by atoms with Gasteiger partial charge in [-0.1, -0.05) is 17.3 Å². The Morgan fingerprint density at radius 3 is 3.06 bits per heavy atom. The molecular weight excluding hydrogens is 224 g/mol. The molecule has 3 rings (SSSR count). The largest absolute Gasteiger partial charge is 0.314 e. The lowest BCUT2D eigenvalue weighted by molar-refractivity contribution is 0.439. The molecule has 4 nitrogen and oxygen atoms in total. The lowest BCUT2D eigenvalue weighted by Crippen LogP contribution is -2.18. The van der Waals surface area contributed by atoms with Gasteiger partial charge < -0.3 is 5.32 Å². The van der Waals surface area contributed by atoms with Gasteiger partial charge in [-0.15, -0.1) is 5.10 Å². The van der Waals surface area contributed by atoms with Crippen LogP contribution >= 0.6 is 0 Å². The Hall–Kier alpha value is -1.42. The first kappa shape index (κ1) is 11.7. The smallest absolute Gasteiger partial charge is 0.113 e. The molecule has 1 aliphatic rings. The van der Waals surface area contributed by atoms with Gasteiger partial charge in [0, 0.05) is 6.04 Å². The molecule has 1 aromatic heterocycles. The van der Waals surface area contributed by atoms with Gasteiger partial charge in [-0.3, -0.25) is 0 Å². The standard InChI is InChI=1S/C14H20N4/c1-11(5-4-10-15-12-8-9-12)18-14-7-3-2-6-13(14)16-17-18/h2-3,6-7,11-12,15H,4-5,8-10H2,1H3. The van der Waals surface area contributed by atoms with Crippen molar-refractivity contribution in [3.05, 3.63) is 24.3 Å². The number of hydrogen-bond acceptors (Lipinski definition) is 3. The van der Waals surface area contributed by atoms with E-state index in [-0.39, 0.29) is 0 Å². The van der Waals surface area contributed by atoms with Gasteiger partial charge in [0.15, 0.2) is 0 Å². The molecule has 1 fully saturated rings. The molecule has 1 N–H and O–H groups in total. The van der Waals surface area contributed by atoms with Crippen molar-refractivity contribution in [2.75, 3.05) is 6.54 Å². The van der Waals surface area contributed by atoms with Crippen LogP contribution in [0.1, 0.15) is 38.6 Å². The van der Waals surface area contributed by atoms with E-state index >= 15 is 0 Å². The summed E-state index contributed by atoms with van der Waals surface area (Å²) in [5, 5.41) is 12.0. The third-order valence-electron chi connectivity index (χ3n) is 3.60. The van der Waals surface area contributed by atoms with Gasteiger partial charge in [0.2, 0.25) is 0 Å². The predicted molar refractivity (Wildman–Crippen MR) is 72.5 cm³/mol. The molecule has 0 amide bonds. The monoisotopic (exact) mass is 244 g/mol. The highest BCUT2D eigenvalue weighted by atomic mass is 15.4. The van der Waals surface area contributed by atoms with Crippen LogP contribution in [0.15, 0.2) is 24.3 Å². The molecule has 1 unspecified atom stereocenters. The summed E-state index contributed by atoms with van der Waals surface area (Å²) < 4.78 is 2.05. The molecular formula is C14H20N4. The molecule has 0 spiro atoms. The molecule has 2 aromatic rings. The summed E-state index contributed by atoms with van der Waals surface area (Å²) in [6.07, 6.45) is 5.07.